The summed E-state index contributed by atoms with van der Waals surface area (Å²) in [7, 11) is 5.20. The Labute approximate surface area is 203 Å². The molecule has 11 nitrogen and oxygen atoms in total. The molecule has 0 aliphatic carbocycles. The summed E-state index contributed by atoms with van der Waals surface area (Å²) in [5, 5.41) is 12.0. The lowest BCUT2D eigenvalue weighted by atomic mass is 10.1. The molecule has 0 spiro atoms. The number of methoxy groups -OCH3 is 2. The van der Waals surface area contributed by atoms with Gasteiger partial charge in [-0.15, -0.1) is 0 Å². The molecule has 11 heteroatoms. The number of nitrogens with one attached hydrogen (secondary N) is 2. The molecule has 2 atom stereocenters. The first-order valence-electron chi connectivity index (χ1n) is 11.8. The van der Waals surface area contributed by atoms with Crippen molar-refractivity contribution < 1.29 is 18.5 Å². The van der Waals surface area contributed by atoms with Crippen molar-refractivity contribution in [3.63, 3.8) is 0 Å². The molecule has 1 amide bonds. The number of benzene rings is 1. The van der Waals surface area contributed by atoms with E-state index in [0.29, 0.717) is 47.5 Å². The molecule has 35 heavy (non-hydrogen) atoms. The van der Waals surface area contributed by atoms with Gasteiger partial charge in [0, 0.05) is 43.5 Å². The first-order chi connectivity index (χ1) is 17.0. The van der Waals surface area contributed by atoms with E-state index in [1.165, 1.54) is 0 Å². The van der Waals surface area contributed by atoms with Gasteiger partial charge >= 0.3 is 11.4 Å². The summed E-state index contributed by atoms with van der Waals surface area (Å²) in [6.45, 7) is 4.97. The average Bonchev–Trinajstić information content (AvgIpc) is 3.58. The Balaban J connectivity index is 1.51. The lowest BCUT2D eigenvalue weighted by molar-refractivity contribution is -0.523. The number of nitrogens with zero attached hydrogens (tertiary/aromatic N) is 6. The van der Waals surface area contributed by atoms with Crippen LogP contribution in [0.4, 0.5) is 11.5 Å². The first kappa shape index (κ1) is 23.2. The van der Waals surface area contributed by atoms with E-state index in [1.54, 1.807) is 20.4 Å². The van der Waals surface area contributed by atoms with E-state index in [1.807, 2.05) is 47.4 Å². The number of rotatable bonds is 8. The van der Waals surface area contributed by atoms with Crippen LogP contribution >= 0.6 is 0 Å². The molecule has 2 aromatic heterocycles. The van der Waals surface area contributed by atoms with Gasteiger partial charge in [0.1, 0.15) is 17.9 Å². The molecule has 1 unspecified atom stereocenters. The summed E-state index contributed by atoms with van der Waals surface area (Å²) in [4.78, 5) is 24.7. The lowest BCUT2D eigenvalue weighted by Crippen LogP contribution is -2.37. The smallest absolute Gasteiger partial charge is 0.386 e. The van der Waals surface area contributed by atoms with Gasteiger partial charge < -0.3 is 25.0 Å². The highest BCUT2D eigenvalue weighted by Gasteiger charge is 2.26. The lowest BCUT2D eigenvalue weighted by Gasteiger charge is -2.20. The Hall–Kier alpha value is -3.57. The second kappa shape index (κ2) is 9.59. The topological polar surface area (TPSA) is 112 Å². The molecule has 2 N–H and O–H groups in total. The maximum atomic E-state index is 13.4. The predicted octanol–water partition coefficient (Wildman–Crippen LogP) is 0.456. The highest BCUT2D eigenvalue weighted by Crippen LogP contribution is 2.31. The third-order valence-electron chi connectivity index (χ3n) is 6.46. The van der Waals surface area contributed by atoms with Crippen LogP contribution in [0, 0.1) is 6.21 Å². The van der Waals surface area contributed by atoms with Gasteiger partial charge in [0.05, 0.1) is 25.8 Å². The van der Waals surface area contributed by atoms with Gasteiger partial charge in [-0.25, -0.2) is 0 Å². The predicted molar refractivity (Wildman–Crippen MR) is 131 cm³/mol. The monoisotopic (exact) mass is 479 g/mol. The van der Waals surface area contributed by atoms with Crippen molar-refractivity contribution in [2.75, 3.05) is 51.2 Å². The van der Waals surface area contributed by atoms with Gasteiger partial charge in [-0.3, -0.25) is 9.48 Å². The van der Waals surface area contributed by atoms with Crippen LogP contribution in [-0.2, 0) is 11.3 Å². The Kier molecular flexibility index (Phi) is 6.35. The minimum atomic E-state index is -0.286. The van der Waals surface area contributed by atoms with Crippen LogP contribution in [0.15, 0.2) is 29.5 Å². The molecule has 184 valence electrons. The van der Waals surface area contributed by atoms with Crippen LogP contribution in [0.5, 0.6) is 5.88 Å². The highest BCUT2D eigenvalue weighted by molar-refractivity contribution is 6.13. The standard InChI is InChI=1S/C24H30N8O3/c1-15-11-31-14-20(28-24(35-4)22(31)26-15)27-23(33)17-5-6-19(30-8-7-16(12-30)25-2)18-13-32(9-10-34-3)29-21(17)18/h5-6,11,13-16,25H,7-10,12H2,1-4H3/p+1/t15?,16-/m0/s1. The Bertz CT molecular complexity index is 1390. The summed E-state index contributed by atoms with van der Waals surface area (Å²) in [5.41, 5.74) is 2.85. The molecule has 4 heterocycles. The van der Waals surface area contributed by atoms with Crippen LogP contribution in [0.3, 0.4) is 0 Å². The normalized spacial score (nSPS) is 18.9. The Morgan fingerprint density at radius 1 is 1.31 bits per heavy atom. The highest BCUT2D eigenvalue weighted by atomic mass is 16.5. The van der Waals surface area contributed by atoms with E-state index in [9.17, 15) is 4.79 Å². The number of ether oxygens (including phenoxy) is 2. The molecule has 2 aliphatic rings. The maximum Gasteiger partial charge on any atom is 0.386 e. The van der Waals surface area contributed by atoms with Crippen molar-refractivity contribution in [2.45, 2.75) is 32.0 Å². The molecule has 0 radical (unpaired) electrons. The van der Waals surface area contributed by atoms with Gasteiger partial charge in [0.15, 0.2) is 11.9 Å². The molecule has 1 fully saturated rings. The van der Waals surface area contributed by atoms with Crippen molar-refractivity contribution in [1.82, 2.24) is 20.1 Å². The van der Waals surface area contributed by atoms with E-state index in [-0.39, 0.29) is 11.9 Å². The van der Waals surface area contributed by atoms with E-state index >= 15 is 0 Å². The van der Waals surface area contributed by atoms with Crippen molar-refractivity contribution in [3.05, 3.63) is 41.8 Å². The first-order valence-corrected chi connectivity index (χ1v) is 11.8. The van der Waals surface area contributed by atoms with Crippen LogP contribution < -0.4 is 30.0 Å². The zero-order chi connectivity index (χ0) is 24.5. The third kappa shape index (κ3) is 4.44. The number of carbonyl (C=O) groups is 1. The van der Waals surface area contributed by atoms with Gasteiger partial charge in [-0.1, -0.05) is 4.99 Å². The summed E-state index contributed by atoms with van der Waals surface area (Å²) < 4.78 is 14.3. The van der Waals surface area contributed by atoms with Crippen molar-refractivity contribution >= 4 is 28.3 Å². The van der Waals surface area contributed by atoms with Crippen LogP contribution in [0.1, 0.15) is 23.7 Å². The number of aromatic nitrogens is 4. The van der Waals surface area contributed by atoms with E-state index in [2.05, 4.69) is 25.5 Å². The van der Waals surface area contributed by atoms with Crippen molar-refractivity contribution in [1.29, 1.82) is 0 Å². The summed E-state index contributed by atoms with van der Waals surface area (Å²) in [6, 6.07) is 4.31. The summed E-state index contributed by atoms with van der Waals surface area (Å²) in [6.07, 6.45) is 6.75. The van der Waals surface area contributed by atoms with E-state index < -0.39 is 0 Å². The SMILES string of the molecule is CN[C@H]1CCN(c2ccc(C(=O)Nc3c[n+]4c(c(OC)n3)=NC(C)C=4)c3nn(CCOC)cc23)C1. The Morgan fingerprint density at radius 2 is 2.17 bits per heavy atom. The zero-order valence-corrected chi connectivity index (χ0v) is 20.5. The minimum absolute atomic E-state index is 0.00739. The van der Waals surface area contributed by atoms with Gasteiger partial charge in [-0.05, 0) is 32.5 Å². The second-order valence-corrected chi connectivity index (χ2v) is 8.84. The molecule has 1 aromatic carbocycles. The number of fused-ring (bicyclic) bond motifs is 2. The summed E-state index contributed by atoms with van der Waals surface area (Å²) in [5.74, 6) is 0.454. The molecule has 3 aromatic rings. The van der Waals surface area contributed by atoms with E-state index in [0.717, 1.165) is 30.6 Å². The summed E-state index contributed by atoms with van der Waals surface area (Å²) >= 11 is 0. The number of hydrogen-bond donors (Lipinski definition) is 2. The van der Waals surface area contributed by atoms with Crippen LogP contribution in [0.25, 0.3) is 10.9 Å². The quantitative estimate of drug-likeness (QED) is 0.452. The average molecular weight is 480 g/mol. The van der Waals surface area contributed by atoms with E-state index in [4.69, 9.17) is 14.6 Å². The second-order valence-electron chi connectivity index (χ2n) is 8.84. The van der Waals surface area contributed by atoms with Crippen molar-refractivity contribution in [3.8, 4) is 5.88 Å². The number of hydrogen-bond acceptors (Lipinski definition) is 8. The van der Waals surface area contributed by atoms with Crippen molar-refractivity contribution in [2.24, 2.45) is 4.99 Å². The maximum absolute atomic E-state index is 13.4. The fourth-order valence-corrected chi connectivity index (χ4v) is 4.68. The number of likely N-dealkylation sites (N-methyl/N-ethyl adjacent to an activating group) is 1. The number of anilines is 2. The zero-order valence-electron chi connectivity index (χ0n) is 20.5. The fourth-order valence-electron chi connectivity index (χ4n) is 4.68. The largest absolute Gasteiger partial charge is 0.475 e. The van der Waals surface area contributed by atoms with Gasteiger partial charge in [0.25, 0.3) is 5.91 Å². The molecule has 5 rings (SSSR count). The molecular weight excluding hydrogens is 448 g/mol. The van der Waals surface area contributed by atoms with Gasteiger partial charge in [-0.2, -0.15) is 14.3 Å². The van der Waals surface area contributed by atoms with Crippen LogP contribution in [-0.4, -0.2) is 73.7 Å². The van der Waals surface area contributed by atoms with Gasteiger partial charge in [0.2, 0.25) is 0 Å². The fraction of sp³-hybridized carbons (Fsp3) is 0.458. The number of carbonyl (C=O) groups excluding carboxylic acids is 1. The molecule has 0 bridgehead atoms. The third-order valence-corrected chi connectivity index (χ3v) is 6.46. The molecule has 2 aliphatic heterocycles. The number of amides is 1. The molecule has 1 saturated heterocycles. The molecular formula is C24H31N8O3+. The molecule has 0 saturated carbocycles. The van der Waals surface area contributed by atoms with Crippen LogP contribution in [0.2, 0.25) is 0 Å². The minimum Gasteiger partial charge on any atom is -0.475 e. The Morgan fingerprint density at radius 3 is 2.91 bits per heavy atom.